The number of rotatable bonds is 5. The Hall–Kier alpha value is -3.47. The molecule has 0 atom stereocenters. The van der Waals surface area contributed by atoms with Crippen molar-refractivity contribution in [1.82, 2.24) is 15.5 Å². The molecule has 3 N–H and O–H groups in total. The molecule has 3 aromatic rings. The smallest absolute Gasteiger partial charge is 0.331 e. The van der Waals surface area contributed by atoms with Crippen molar-refractivity contribution in [3.8, 4) is 0 Å². The second-order valence-corrected chi connectivity index (χ2v) is 6.73. The molecule has 0 aliphatic carbocycles. The lowest BCUT2D eigenvalue weighted by atomic mass is 10.1. The van der Waals surface area contributed by atoms with E-state index >= 15 is 0 Å². The molecule has 0 fully saturated rings. The molecule has 0 saturated heterocycles. The van der Waals surface area contributed by atoms with Gasteiger partial charge >= 0.3 is 12.2 Å². The van der Waals surface area contributed by atoms with Gasteiger partial charge in [0.1, 0.15) is 5.01 Å². The minimum Gasteiger partial charge on any atom is -0.331 e. The van der Waals surface area contributed by atoms with Crippen LogP contribution in [0, 0.1) is 0 Å². The third-order valence-electron chi connectivity index (χ3n) is 3.57. The summed E-state index contributed by atoms with van der Waals surface area (Å²) in [6.07, 6.45) is -4.59. The van der Waals surface area contributed by atoms with Crippen LogP contribution in [-0.2, 0) is 12.7 Å². The zero-order valence-electron chi connectivity index (χ0n) is 14.7. The third kappa shape index (κ3) is 5.51. The van der Waals surface area contributed by atoms with Crippen LogP contribution in [-0.4, -0.2) is 22.1 Å². The Morgan fingerprint density at radius 1 is 0.931 bits per heavy atom. The molecule has 7 nitrogen and oxygen atoms in total. The third-order valence-corrected chi connectivity index (χ3v) is 4.50. The average molecular weight is 421 g/mol. The quantitative estimate of drug-likeness (QED) is 0.577. The van der Waals surface area contributed by atoms with E-state index in [1.165, 1.54) is 12.1 Å². The molecule has 1 aromatic heterocycles. The Morgan fingerprint density at radius 3 is 2.34 bits per heavy atom. The molecular weight excluding hydrogens is 407 g/mol. The molecule has 150 valence electrons. The van der Waals surface area contributed by atoms with Crippen LogP contribution >= 0.6 is 11.3 Å². The zero-order chi connectivity index (χ0) is 20.9. The van der Waals surface area contributed by atoms with Gasteiger partial charge in [0.2, 0.25) is 5.01 Å². The van der Waals surface area contributed by atoms with E-state index in [1.807, 2.05) is 6.07 Å². The van der Waals surface area contributed by atoms with E-state index in [9.17, 15) is 22.8 Å². The lowest BCUT2D eigenvalue weighted by Gasteiger charge is -2.13. The van der Waals surface area contributed by atoms with Crippen LogP contribution in [0.2, 0.25) is 0 Å². The van der Waals surface area contributed by atoms with Crippen molar-refractivity contribution in [3.63, 3.8) is 0 Å². The van der Waals surface area contributed by atoms with Crippen molar-refractivity contribution in [2.45, 2.75) is 12.7 Å². The van der Waals surface area contributed by atoms with Crippen molar-refractivity contribution in [2.75, 3.05) is 10.6 Å². The topological polar surface area (TPSA) is 96.0 Å². The number of carbonyl (C=O) groups is 2. The number of hydrogen-bond donors (Lipinski definition) is 3. The number of nitrogens with zero attached hydrogens (tertiary/aromatic N) is 2. The SMILES string of the molecule is O=C(NCc1nnc(C(=O)Nc2ccccc2)s1)Nc1ccccc1C(F)(F)F. The van der Waals surface area contributed by atoms with Crippen LogP contribution < -0.4 is 16.0 Å². The fourth-order valence-corrected chi connectivity index (χ4v) is 2.96. The molecule has 3 rings (SSSR count). The van der Waals surface area contributed by atoms with Gasteiger partial charge in [-0.15, -0.1) is 10.2 Å². The molecule has 1 heterocycles. The molecule has 0 bridgehead atoms. The van der Waals surface area contributed by atoms with E-state index in [-0.39, 0.29) is 17.2 Å². The van der Waals surface area contributed by atoms with E-state index < -0.39 is 23.7 Å². The van der Waals surface area contributed by atoms with Crippen LogP contribution in [0.1, 0.15) is 20.4 Å². The molecule has 0 aliphatic heterocycles. The summed E-state index contributed by atoms with van der Waals surface area (Å²) in [5, 5.41) is 15.2. The van der Waals surface area contributed by atoms with E-state index in [0.717, 1.165) is 23.5 Å². The number of para-hydroxylation sites is 2. The van der Waals surface area contributed by atoms with Crippen molar-refractivity contribution in [1.29, 1.82) is 0 Å². The van der Waals surface area contributed by atoms with Crippen LogP contribution in [0.5, 0.6) is 0 Å². The fraction of sp³-hybridized carbons (Fsp3) is 0.111. The largest absolute Gasteiger partial charge is 0.418 e. The van der Waals surface area contributed by atoms with Gasteiger partial charge in [0.25, 0.3) is 5.91 Å². The molecule has 11 heteroatoms. The summed E-state index contributed by atoms with van der Waals surface area (Å²) in [5.74, 6) is -0.455. The minimum atomic E-state index is -4.59. The number of carbonyl (C=O) groups excluding carboxylic acids is 2. The highest BCUT2D eigenvalue weighted by Gasteiger charge is 2.33. The Morgan fingerprint density at radius 2 is 1.62 bits per heavy atom. The molecule has 0 saturated carbocycles. The normalized spacial score (nSPS) is 11.0. The molecule has 3 amide bonds. The summed E-state index contributed by atoms with van der Waals surface area (Å²) in [7, 11) is 0. The maximum absolute atomic E-state index is 13.0. The number of alkyl halides is 3. The number of urea groups is 1. The van der Waals surface area contributed by atoms with Crippen molar-refractivity contribution >= 4 is 34.6 Å². The van der Waals surface area contributed by atoms with Crippen LogP contribution in [0.4, 0.5) is 29.3 Å². The predicted molar refractivity (Wildman–Crippen MR) is 102 cm³/mol. The first-order chi connectivity index (χ1) is 13.8. The number of anilines is 2. The highest BCUT2D eigenvalue weighted by Crippen LogP contribution is 2.34. The number of benzene rings is 2. The van der Waals surface area contributed by atoms with Gasteiger partial charge in [-0.1, -0.05) is 41.7 Å². The Balaban J connectivity index is 1.56. The standard InChI is InChI=1S/C18H14F3N5O2S/c19-18(20,21)12-8-4-5-9-13(12)24-17(28)22-10-14-25-26-16(29-14)15(27)23-11-6-2-1-3-7-11/h1-9H,10H2,(H,23,27)(H2,22,24,28). The molecule has 0 aliphatic rings. The van der Waals surface area contributed by atoms with Crippen molar-refractivity contribution in [2.24, 2.45) is 0 Å². The van der Waals surface area contributed by atoms with E-state index in [0.29, 0.717) is 10.7 Å². The molecular formula is C18H14F3N5O2S. The first kappa shape index (κ1) is 20.3. The number of aromatic nitrogens is 2. The van der Waals surface area contributed by atoms with Gasteiger partial charge in [0.15, 0.2) is 0 Å². The van der Waals surface area contributed by atoms with Gasteiger partial charge in [0.05, 0.1) is 17.8 Å². The lowest BCUT2D eigenvalue weighted by molar-refractivity contribution is -0.136. The highest BCUT2D eigenvalue weighted by molar-refractivity contribution is 7.13. The summed E-state index contributed by atoms with van der Waals surface area (Å²) in [6, 6.07) is 12.6. The van der Waals surface area contributed by atoms with E-state index in [2.05, 4.69) is 26.1 Å². The second kappa shape index (κ2) is 8.69. The monoisotopic (exact) mass is 421 g/mol. The maximum atomic E-state index is 13.0. The van der Waals surface area contributed by atoms with Gasteiger partial charge in [-0.25, -0.2) is 4.79 Å². The summed E-state index contributed by atoms with van der Waals surface area (Å²) >= 11 is 0.959. The molecule has 0 spiro atoms. The van der Waals surface area contributed by atoms with E-state index in [1.54, 1.807) is 24.3 Å². The van der Waals surface area contributed by atoms with Crippen molar-refractivity contribution < 1.29 is 22.8 Å². The highest BCUT2D eigenvalue weighted by atomic mass is 32.1. The maximum Gasteiger partial charge on any atom is 0.418 e. The molecule has 0 unspecified atom stereocenters. The number of hydrogen-bond acceptors (Lipinski definition) is 5. The van der Waals surface area contributed by atoms with Gasteiger partial charge in [-0.2, -0.15) is 13.2 Å². The molecule has 29 heavy (non-hydrogen) atoms. The van der Waals surface area contributed by atoms with E-state index in [4.69, 9.17) is 0 Å². The molecule has 0 radical (unpaired) electrons. The van der Waals surface area contributed by atoms with Gasteiger partial charge in [-0.05, 0) is 24.3 Å². The fourth-order valence-electron chi connectivity index (χ4n) is 2.28. The number of amides is 3. The summed E-state index contributed by atoms with van der Waals surface area (Å²) in [4.78, 5) is 24.1. The van der Waals surface area contributed by atoms with Crippen LogP contribution in [0.15, 0.2) is 54.6 Å². The molecule has 2 aromatic carbocycles. The Labute approximate surface area is 167 Å². The summed E-state index contributed by atoms with van der Waals surface area (Å²) < 4.78 is 38.9. The van der Waals surface area contributed by atoms with Gasteiger partial charge in [0, 0.05) is 5.69 Å². The second-order valence-electron chi connectivity index (χ2n) is 5.67. The predicted octanol–water partition coefficient (Wildman–Crippen LogP) is 4.13. The van der Waals surface area contributed by atoms with Crippen LogP contribution in [0.3, 0.4) is 0 Å². The van der Waals surface area contributed by atoms with Crippen LogP contribution in [0.25, 0.3) is 0 Å². The Bertz CT molecular complexity index is 1010. The average Bonchev–Trinajstić information content (AvgIpc) is 3.16. The van der Waals surface area contributed by atoms with Crippen molar-refractivity contribution in [3.05, 3.63) is 70.2 Å². The number of halogens is 3. The van der Waals surface area contributed by atoms with Gasteiger partial charge in [-0.3, -0.25) is 4.79 Å². The first-order valence-corrected chi connectivity index (χ1v) is 9.04. The minimum absolute atomic E-state index is 0.0912. The lowest BCUT2D eigenvalue weighted by Crippen LogP contribution is -2.29. The summed E-state index contributed by atoms with van der Waals surface area (Å²) in [5.41, 5.74) is -0.723. The summed E-state index contributed by atoms with van der Waals surface area (Å²) in [6.45, 7) is -0.101. The Kier molecular flexibility index (Phi) is 6.07. The number of nitrogens with one attached hydrogen (secondary N) is 3. The first-order valence-electron chi connectivity index (χ1n) is 8.23. The zero-order valence-corrected chi connectivity index (χ0v) is 15.5. The van der Waals surface area contributed by atoms with Gasteiger partial charge < -0.3 is 16.0 Å².